The lowest BCUT2D eigenvalue weighted by Gasteiger charge is -1.91. The Hall–Kier alpha value is -1.35. The fourth-order valence-corrected chi connectivity index (χ4v) is 1.61. The van der Waals surface area contributed by atoms with Crippen molar-refractivity contribution in [3.63, 3.8) is 0 Å². The number of aromatic amines is 1. The Kier molecular flexibility index (Phi) is 2.50. The van der Waals surface area contributed by atoms with E-state index >= 15 is 0 Å². The predicted molar refractivity (Wildman–Crippen MR) is 58.2 cm³/mol. The predicted octanol–water partition coefficient (Wildman–Crippen LogP) is 1.76. The highest BCUT2D eigenvalue weighted by Crippen LogP contribution is 2.15. The number of imidazole rings is 1. The molecular weight excluding hydrogens is 174 g/mol. The van der Waals surface area contributed by atoms with Gasteiger partial charge in [0.25, 0.3) is 0 Å². The van der Waals surface area contributed by atoms with Crippen molar-refractivity contribution < 1.29 is 0 Å². The van der Waals surface area contributed by atoms with Crippen LogP contribution in [0.25, 0.3) is 11.0 Å². The van der Waals surface area contributed by atoms with Crippen LogP contribution in [0.5, 0.6) is 0 Å². The van der Waals surface area contributed by atoms with Crippen LogP contribution in [-0.2, 0) is 6.42 Å². The van der Waals surface area contributed by atoms with E-state index in [1.165, 1.54) is 5.56 Å². The van der Waals surface area contributed by atoms with Crippen LogP contribution in [0.1, 0.15) is 17.8 Å². The largest absolute Gasteiger partial charge is 0.342 e. The van der Waals surface area contributed by atoms with Gasteiger partial charge in [0.05, 0.1) is 11.0 Å². The van der Waals surface area contributed by atoms with Gasteiger partial charge in [-0.25, -0.2) is 4.98 Å². The van der Waals surface area contributed by atoms with E-state index in [0.29, 0.717) is 0 Å². The Morgan fingerprint density at radius 3 is 3.00 bits per heavy atom. The molecule has 0 aliphatic heterocycles. The maximum atomic E-state index is 5.46. The van der Waals surface area contributed by atoms with Crippen LogP contribution in [0.4, 0.5) is 0 Å². The highest BCUT2D eigenvalue weighted by atomic mass is 14.9. The summed E-state index contributed by atoms with van der Waals surface area (Å²) in [4.78, 5) is 7.84. The Balaban J connectivity index is 2.36. The van der Waals surface area contributed by atoms with Gasteiger partial charge in [0.1, 0.15) is 5.82 Å². The molecule has 0 spiro atoms. The van der Waals surface area contributed by atoms with Crippen LogP contribution in [0.15, 0.2) is 18.2 Å². The van der Waals surface area contributed by atoms with Gasteiger partial charge in [0, 0.05) is 6.42 Å². The van der Waals surface area contributed by atoms with Crippen molar-refractivity contribution in [2.45, 2.75) is 19.8 Å². The monoisotopic (exact) mass is 189 g/mol. The van der Waals surface area contributed by atoms with Crippen molar-refractivity contribution in [1.82, 2.24) is 9.97 Å². The first kappa shape index (κ1) is 9.21. The van der Waals surface area contributed by atoms with Crippen LogP contribution in [0, 0.1) is 6.92 Å². The molecule has 3 heteroatoms. The molecule has 3 N–H and O–H groups in total. The Labute approximate surface area is 83.3 Å². The third-order valence-electron chi connectivity index (χ3n) is 2.38. The van der Waals surface area contributed by atoms with E-state index in [1.54, 1.807) is 0 Å². The van der Waals surface area contributed by atoms with Crippen molar-refractivity contribution in [1.29, 1.82) is 0 Å². The molecule has 0 saturated heterocycles. The van der Waals surface area contributed by atoms with Gasteiger partial charge >= 0.3 is 0 Å². The molecule has 0 atom stereocenters. The Bertz CT molecular complexity index is 431. The van der Waals surface area contributed by atoms with E-state index in [4.69, 9.17) is 5.73 Å². The van der Waals surface area contributed by atoms with Crippen molar-refractivity contribution in [3.8, 4) is 0 Å². The van der Waals surface area contributed by atoms with Gasteiger partial charge in [-0.1, -0.05) is 12.1 Å². The van der Waals surface area contributed by atoms with E-state index in [2.05, 4.69) is 29.0 Å². The number of nitrogens with one attached hydrogen (secondary N) is 1. The van der Waals surface area contributed by atoms with Crippen LogP contribution in [-0.4, -0.2) is 16.5 Å². The second-order valence-corrected chi connectivity index (χ2v) is 3.55. The molecule has 0 saturated carbocycles. The van der Waals surface area contributed by atoms with Gasteiger partial charge in [0.15, 0.2) is 0 Å². The Morgan fingerprint density at radius 2 is 2.29 bits per heavy atom. The van der Waals surface area contributed by atoms with Gasteiger partial charge in [-0.05, 0) is 31.5 Å². The molecule has 74 valence electrons. The number of hydrogen-bond acceptors (Lipinski definition) is 2. The van der Waals surface area contributed by atoms with Gasteiger partial charge < -0.3 is 10.7 Å². The summed E-state index contributed by atoms with van der Waals surface area (Å²) < 4.78 is 0. The molecule has 0 radical (unpaired) electrons. The zero-order valence-electron chi connectivity index (χ0n) is 8.38. The first-order valence-corrected chi connectivity index (χ1v) is 4.95. The minimum absolute atomic E-state index is 0.718. The molecule has 1 aromatic carbocycles. The number of hydrogen-bond donors (Lipinski definition) is 2. The minimum atomic E-state index is 0.718. The summed E-state index contributed by atoms with van der Waals surface area (Å²) in [5.74, 6) is 1.04. The van der Waals surface area contributed by atoms with E-state index < -0.39 is 0 Å². The fraction of sp³-hybridized carbons (Fsp3) is 0.364. The molecule has 2 aromatic rings. The zero-order chi connectivity index (χ0) is 9.97. The fourth-order valence-electron chi connectivity index (χ4n) is 1.61. The zero-order valence-corrected chi connectivity index (χ0v) is 8.38. The molecule has 0 aliphatic rings. The van der Waals surface area contributed by atoms with Gasteiger partial charge in [-0.15, -0.1) is 0 Å². The molecule has 1 heterocycles. The van der Waals surface area contributed by atoms with Gasteiger partial charge in [0.2, 0.25) is 0 Å². The lowest BCUT2D eigenvalue weighted by atomic mass is 10.2. The summed E-state index contributed by atoms with van der Waals surface area (Å²) in [6, 6.07) is 6.18. The summed E-state index contributed by atoms with van der Waals surface area (Å²) in [7, 11) is 0. The van der Waals surface area contributed by atoms with E-state index in [1.807, 2.05) is 6.07 Å². The molecule has 14 heavy (non-hydrogen) atoms. The van der Waals surface area contributed by atoms with E-state index in [9.17, 15) is 0 Å². The third kappa shape index (κ3) is 1.63. The van der Waals surface area contributed by atoms with E-state index in [0.717, 1.165) is 36.2 Å². The highest BCUT2D eigenvalue weighted by Gasteiger charge is 2.03. The van der Waals surface area contributed by atoms with Crippen LogP contribution in [0.2, 0.25) is 0 Å². The summed E-state index contributed by atoms with van der Waals surface area (Å²) in [5.41, 5.74) is 8.88. The number of nitrogens with two attached hydrogens (primary N) is 1. The van der Waals surface area contributed by atoms with Crippen molar-refractivity contribution in [3.05, 3.63) is 29.6 Å². The van der Waals surface area contributed by atoms with Crippen LogP contribution in [0.3, 0.4) is 0 Å². The lowest BCUT2D eigenvalue weighted by molar-refractivity contribution is 0.796. The summed E-state index contributed by atoms with van der Waals surface area (Å²) >= 11 is 0. The maximum absolute atomic E-state index is 5.46. The van der Waals surface area contributed by atoms with Crippen molar-refractivity contribution >= 4 is 11.0 Å². The average molecular weight is 189 g/mol. The molecule has 0 unspecified atom stereocenters. The number of benzene rings is 1. The average Bonchev–Trinajstić information content (AvgIpc) is 2.59. The second-order valence-electron chi connectivity index (χ2n) is 3.55. The number of nitrogens with zero attached hydrogens (tertiary/aromatic N) is 1. The summed E-state index contributed by atoms with van der Waals surface area (Å²) in [6.45, 7) is 2.80. The van der Waals surface area contributed by atoms with E-state index in [-0.39, 0.29) is 0 Å². The normalized spacial score (nSPS) is 11.0. The Morgan fingerprint density at radius 1 is 1.43 bits per heavy atom. The standard InChI is InChI=1S/C11H15N3/c1-8-4-2-5-9-11(8)14-10(13-9)6-3-7-12/h2,4-5H,3,6-7,12H2,1H3,(H,13,14). The number of H-pyrrole nitrogens is 1. The summed E-state index contributed by atoms with van der Waals surface area (Å²) in [6.07, 6.45) is 1.92. The number of fused-ring (bicyclic) bond motifs is 1. The molecule has 0 bridgehead atoms. The third-order valence-corrected chi connectivity index (χ3v) is 2.38. The lowest BCUT2D eigenvalue weighted by Crippen LogP contribution is -2.01. The highest BCUT2D eigenvalue weighted by molar-refractivity contribution is 5.78. The first-order valence-electron chi connectivity index (χ1n) is 4.95. The first-order chi connectivity index (χ1) is 6.81. The molecular formula is C11H15N3. The number of rotatable bonds is 3. The molecule has 1 aromatic heterocycles. The topological polar surface area (TPSA) is 54.7 Å². The molecule has 0 amide bonds. The number of para-hydroxylation sites is 1. The second kappa shape index (κ2) is 3.80. The maximum Gasteiger partial charge on any atom is 0.107 e. The SMILES string of the molecule is Cc1cccc2[nH]c(CCCN)nc12. The van der Waals surface area contributed by atoms with Crippen LogP contribution >= 0.6 is 0 Å². The smallest absolute Gasteiger partial charge is 0.107 e. The quantitative estimate of drug-likeness (QED) is 0.773. The number of aryl methyl sites for hydroxylation is 2. The molecule has 0 fully saturated rings. The summed E-state index contributed by atoms with van der Waals surface area (Å²) in [5, 5.41) is 0. The van der Waals surface area contributed by atoms with Crippen molar-refractivity contribution in [2.24, 2.45) is 5.73 Å². The molecule has 2 rings (SSSR count). The van der Waals surface area contributed by atoms with Crippen molar-refractivity contribution in [2.75, 3.05) is 6.54 Å². The van der Waals surface area contributed by atoms with Gasteiger partial charge in [-0.3, -0.25) is 0 Å². The number of aromatic nitrogens is 2. The molecule has 0 aliphatic carbocycles. The van der Waals surface area contributed by atoms with Gasteiger partial charge in [-0.2, -0.15) is 0 Å². The van der Waals surface area contributed by atoms with Crippen LogP contribution < -0.4 is 5.73 Å². The molecule has 3 nitrogen and oxygen atoms in total. The minimum Gasteiger partial charge on any atom is -0.342 e.